The first-order chi connectivity index (χ1) is 12.6. The molecular formula is C19H23N3O4. The molecule has 1 aliphatic rings. The predicted octanol–water partition coefficient (Wildman–Crippen LogP) is 1.03. The SMILES string of the molecule is C=CCn1c(=O)c(=O)n(CCC(=O)NCC2CCCO2)c2ccccc21. The van der Waals surface area contributed by atoms with Crippen LogP contribution >= 0.6 is 0 Å². The van der Waals surface area contributed by atoms with Gasteiger partial charge in [0.25, 0.3) is 0 Å². The molecule has 1 aromatic carbocycles. The van der Waals surface area contributed by atoms with Crippen LogP contribution < -0.4 is 16.4 Å². The number of hydrogen-bond acceptors (Lipinski definition) is 4. The zero-order valence-corrected chi connectivity index (χ0v) is 14.6. The van der Waals surface area contributed by atoms with Crippen LogP contribution in [0.3, 0.4) is 0 Å². The summed E-state index contributed by atoms with van der Waals surface area (Å²) in [5, 5.41) is 2.83. The van der Waals surface area contributed by atoms with Crippen LogP contribution in [0.2, 0.25) is 0 Å². The summed E-state index contributed by atoms with van der Waals surface area (Å²) in [4.78, 5) is 37.0. The van der Waals surface area contributed by atoms with Crippen LogP contribution in [0.25, 0.3) is 11.0 Å². The van der Waals surface area contributed by atoms with Crippen LogP contribution in [0.4, 0.5) is 0 Å². The third-order valence-corrected chi connectivity index (χ3v) is 4.56. The largest absolute Gasteiger partial charge is 0.376 e. The predicted molar refractivity (Wildman–Crippen MR) is 99.3 cm³/mol. The highest BCUT2D eigenvalue weighted by Gasteiger charge is 2.17. The average molecular weight is 357 g/mol. The van der Waals surface area contributed by atoms with Gasteiger partial charge < -0.3 is 14.6 Å². The number of fused-ring (bicyclic) bond motifs is 1. The first-order valence-electron chi connectivity index (χ1n) is 8.83. The van der Waals surface area contributed by atoms with Crippen molar-refractivity contribution in [2.24, 2.45) is 0 Å². The molecular weight excluding hydrogens is 334 g/mol. The number of aromatic nitrogens is 2. The Morgan fingerprint density at radius 3 is 2.58 bits per heavy atom. The van der Waals surface area contributed by atoms with Gasteiger partial charge in [0.2, 0.25) is 5.91 Å². The maximum atomic E-state index is 12.5. The molecule has 1 atom stereocenters. The fraction of sp³-hybridized carbons (Fsp3) is 0.421. The van der Waals surface area contributed by atoms with Crippen molar-refractivity contribution in [2.75, 3.05) is 13.2 Å². The highest BCUT2D eigenvalue weighted by molar-refractivity contribution is 5.77. The number of nitrogens with one attached hydrogen (secondary N) is 1. The van der Waals surface area contributed by atoms with Crippen molar-refractivity contribution in [1.82, 2.24) is 14.5 Å². The second-order valence-corrected chi connectivity index (χ2v) is 6.34. The standard InChI is InChI=1S/C19H23N3O4/c1-2-10-21-15-7-3-4-8-16(15)22(19(25)18(21)24)11-9-17(23)20-13-14-6-5-12-26-14/h2-4,7-8,14H,1,5-6,9-13H2,(H,20,23). The lowest BCUT2D eigenvalue weighted by molar-refractivity contribution is -0.121. The molecule has 1 fully saturated rings. The lowest BCUT2D eigenvalue weighted by Gasteiger charge is -2.14. The third-order valence-electron chi connectivity index (χ3n) is 4.56. The topological polar surface area (TPSA) is 82.3 Å². The highest BCUT2D eigenvalue weighted by atomic mass is 16.5. The maximum absolute atomic E-state index is 12.5. The van der Waals surface area contributed by atoms with Gasteiger partial charge in [-0.2, -0.15) is 0 Å². The van der Waals surface area contributed by atoms with E-state index >= 15 is 0 Å². The molecule has 1 aromatic heterocycles. The number of aryl methyl sites for hydroxylation is 1. The molecule has 0 bridgehead atoms. The smallest absolute Gasteiger partial charge is 0.317 e. The van der Waals surface area contributed by atoms with Gasteiger partial charge in [-0.15, -0.1) is 6.58 Å². The Bertz CT molecular complexity index is 923. The number of amides is 1. The zero-order chi connectivity index (χ0) is 18.5. The average Bonchev–Trinajstić information content (AvgIpc) is 3.17. The molecule has 0 saturated carbocycles. The Morgan fingerprint density at radius 1 is 1.23 bits per heavy atom. The third kappa shape index (κ3) is 3.77. The van der Waals surface area contributed by atoms with Crippen LogP contribution in [0.15, 0.2) is 46.5 Å². The first kappa shape index (κ1) is 18.1. The Morgan fingerprint density at radius 2 is 1.92 bits per heavy atom. The number of nitrogens with zero attached hydrogens (tertiary/aromatic N) is 2. The van der Waals surface area contributed by atoms with E-state index in [2.05, 4.69) is 11.9 Å². The Labute approximate surface area is 150 Å². The van der Waals surface area contributed by atoms with Crippen molar-refractivity contribution in [3.8, 4) is 0 Å². The molecule has 1 N–H and O–H groups in total. The Kier molecular flexibility index (Phi) is 5.68. The van der Waals surface area contributed by atoms with Crippen LogP contribution in [-0.2, 0) is 22.6 Å². The molecule has 0 radical (unpaired) electrons. The van der Waals surface area contributed by atoms with Crippen molar-refractivity contribution in [3.63, 3.8) is 0 Å². The maximum Gasteiger partial charge on any atom is 0.317 e. The number of carbonyl (C=O) groups excluding carboxylic acids is 1. The molecule has 2 aromatic rings. The van der Waals surface area contributed by atoms with Gasteiger partial charge in [-0.05, 0) is 25.0 Å². The molecule has 1 saturated heterocycles. The zero-order valence-electron chi connectivity index (χ0n) is 14.6. The van der Waals surface area contributed by atoms with Crippen molar-refractivity contribution < 1.29 is 9.53 Å². The van der Waals surface area contributed by atoms with Crippen molar-refractivity contribution in [1.29, 1.82) is 0 Å². The van der Waals surface area contributed by atoms with E-state index in [-0.39, 0.29) is 31.5 Å². The molecule has 1 unspecified atom stereocenters. The molecule has 26 heavy (non-hydrogen) atoms. The van der Waals surface area contributed by atoms with Crippen molar-refractivity contribution in [2.45, 2.75) is 38.5 Å². The molecule has 1 aliphatic heterocycles. The van der Waals surface area contributed by atoms with Gasteiger partial charge >= 0.3 is 11.1 Å². The quantitative estimate of drug-likeness (QED) is 0.593. The van der Waals surface area contributed by atoms with Crippen LogP contribution in [-0.4, -0.2) is 34.3 Å². The van der Waals surface area contributed by atoms with E-state index in [9.17, 15) is 14.4 Å². The number of carbonyl (C=O) groups is 1. The minimum absolute atomic E-state index is 0.0744. The van der Waals surface area contributed by atoms with Gasteiger partial charge in [0.1, 0.15) is 0 Å². The van der Waals surface area contributed by atoms with Crippen molar-refractivity contribution in [3.05, 3.63) is 57.6 Å². The van der Waals surface area contributed by atoms with E-state index in [1.807, 2.05) is 6.07 Å². The summed E-state index contributed by atoms with van der Waals surface area (Å²) in [5.74, 6) is -0.160. The van der Waals surface area contributed by atoms with Crippen LogP contribution in [0.5, 0.6) is 0 Å². The van der Waals surface area contributed by atoms with Crippen LogP contribution in [0, 0.1) is 0 Å². The van der Waals surface area contributed by atoms with Gasteiger partial charge in [-0.25, -0.2) is 0 Å². The normalized spacial score (nSPS) is 16.7. The lowest BCUT2D eigenvalue weighted by Crippen LogP contribution is -2.42. The second kappa shape index (κ2) is 8.14. The van der Waals surface area contributed by atoms with Gasteiger partial charge in [0, 0.05) is 32.7 Å². The van der Waals surface area contributed by atoms with Gasteiger partial charge in [0.05, 0.1) is 17.1 Å². The minimum Gasteiger partial charge on any atom is -0.376 e. The summed E-state index contributed by atoms with van der Waals surface area (Å²) in [6, 6.07) is 7.18. The number of para-hydroxylation sites is 2. The molecule has 7 heteroatoms. The molecule has 138 valence electrons. The van der Waals surface area contributed by atoms with E-state index in [1.54, 1.807) is 24.3 Å². The lowest BCUT2D eigenvalue weighted by atomic mass is 10.2. The number of rotatable bonds is 7. The number of benzene rings is 1. The van der Waals surface area contributed by atoms with E-state index in [0.29, 0.717) is 17.6 Å². The highest BCUT2D eigenvalue weighted by Crippen LogP contribution is 2.12. The molecule has 2 heterocycles. The summed E-state index contributed by atoms with van der Waals surface area (Å²) < 4.78 is 8.25. The summed E-state index contributed by atoms with van der Waals surface area (Å²) in [7, 11) is 0. The fourth-order valence-electron chi connectivity index (χ4n) is 3.24. The number of allylic oxidation sites excluding steroid dienone is 1. The van der Waals surface area contributed by atoms with E-state index in [0.717, 1.165) is 19.4 Å². The molecule has 0 aliphatic carbocycles. The summed E-state index contributed by atoms with van der Waals surface area (Å²) >= 11 is 0. The summed E-state index contributed by atoms with van der Waals surface area (Å²) in [6.07, 6.45) is 3.75. The first-order valence-corrected chi connectivity index (χ1v) is 8.83. The van der Waals surface area contributed by atoms with E-state index < -0.39 is 11.1 Å². The summed E-state index contributed by atoms with van der Waals surface area (Å²) in [6.45, 7) is 5.27. The van der Waals surface area contributed by atoms with Crippen LogP contribution in [0.1, 0.15) is 19.3 Å². The van der Waals surface area contributed by atoms with Gasteiger partial charge in [0.15, 0.2) is 0 Å². The van der Waals surface area contributed by atoms with E-state index in [1.165, 1.54) is 9.13 Å². The minimum atomic E-state index is -0.627. The fourth-order valence-corrected chi connectivity index (χ4v) is 3.24. The molecule has 3 rings (SSSR count). The Hall–Kier alpha value is -2.67. The molecule has 0 spiro atoms. The monoisotopic (exact) mass is 357 g/mol. The van der Waals surface area contributed by atoms with Gasteiger partial charge in [-0.3, -0.25) is 19.0 Å². The number of hydrogen-bond donors (Lipinski definition) is 1. The number of ether oxygens (including phenoxy) is 1. The van der Waals surface area contributed by atoms with Gasteiger partial charge in [-0.1, -0.05) is 18.2 Å². The van der Waals surface area contributed by atoms with E-state index in [4.69, 9.17) is 4.74 Å². The molecule has 7 nitrogen and oxygen atoms in total. The van der Waals surface area contributed by atoms with Crippen molar-refractivity contribution >= 4 is 16.9 Å². The summed E-state index contributed by atoms with van der Waals surface area (Å²) in [5.41, 5.74) is 0.0449. The Balaban J connectivity index is 1.79. The second-order valence-electron chi connectivity index (χ2n) is 6.34. The molecule has 1 amide bonds.